The van der Waals surface area contributed by atoms with Crippen molar-refractivity contribution in [3.8, 4) is 0 Å². The van der Waals surface area contributed by atoms with Crippen LogP contribution in [0.1, 0.15) is 81.3 Å². The van der Waals surface area contributed by atoms with Gasteiger partial charge in [0.1, 0.15) is 12.4 Å². The lowest BCUT2D eigenvalue weighted by Crippen LogP contribution is -2.21. The summed E-state index contributed by atoms with van der Waals surface area (Å²) in [5.41, 5.74) is 2.70. The van der Waals surface area contributed by atoms with Gasteiger partial charge in [-0.3, -0.25) is 4.79 Å². The molecule has 1 unspecified atom stereocenters. The van der Waals surface area contributed by atoms with E-state index in [1.54, 1.807) is 0 Å². The minimum absolute atomic E-state index is 0.154. The van der Waals surface area contributed by atoms with Gasteiger partial charge >= 0.3 is 0 Å². The molecule has 1 aromatic rings. The topological polar surface area (TPSA) is 47.9 Å². The minimum atomic E-state index is 0.154. The Kier molecular flexibility index (Phi) is 6.66. The van der Waals surface area contributed by atoms with E-state index >= 15 is 0 Å². The molecule has 152 valence electrons. The monoisotopic (exact) mass is 383 g/mol. The summed E-state index contributed by atoms with van der Waals surface area (Å²) in [5, 5.41) is 3.89. The molecule has 2 aliphatic carbocycles. The van der Waals surface area contributed by atoms with Crippen LogP contribution in [0, 0.1) is 11.8 Å². The van der Waals surface area contributed by atoms with Gasteiger partial charge in [0.05, 0.1) is 13.0 Å². The Hall–Kier alpha value is -1.84. The van der Waals surface area contributed by atoms with Gasteiger partial charge in [0, 0.05) is 12.3 Å². The highest BCUT2D eigenvalue weighted by Crippen LogP contribution is 2.36. The number of benzene rings is 1. The molecular weight excluding hydrogens is 350 g/mol. The highest BCUT2D eigenvalue weighted by Gasteiger charge is 2.27. The van der Waals surface area contributed by atoms with E-state index in [0.717, 1.165) is 56.4 Å². The molecule has 0 saturated heterocycles. The van der Waals surface area contributed by atoms with Gasteiger partial charge in [-0.2, -0.15) is 0 Å². The maximum Gasteiger partial charge on any atom is 0.229 e. The van der Waals surface area contributed by atoms with Gasteiger partial charge in [0.15, 0.2) is 0 Å². The molecule has 4 nitrogen and oxygen atoms in total. The Morgan fingerprint density at radius 3 is 2.54 bits per heavy atom. The average molecular weight is 384 g/mol. The average Bonchev–Trinajstić information content (AvgIpc) is 3.24. The zero-order valence-corrected chi connectivity index (χ0v) is 16.9. The first-order valence-electron chi connectivity index (χ1n) is 11.2. The van der Waals surface area contributed by atoms with Gasteiger partial charge in [0.25, 0.3) is 0 Å². The molecule has 1 aromatic carbocycles. The zero-order valence-electron chi connectivity index (χ0n) is 16.9. The fraction of sp³-hybridized carbons (Fsp3) is 0.667. The number of ether oxygens (including phenoxy) is 1. The number of oxime groups is 1. The highest BCUT2D eigenvalue weighted by molar-refractivity contribution is 5.88. The molecule has 0 spiro atoms. The van der Waals surface area contributed by atoms with E-state index in [0.29, 0.717) is 12.4 Å². The van der Waals surface area contributed by atoms with Crippen molar-refractivity contribution in [1.29, 1.82) is 0 Å². The molecule has 1 saturated carbocycles. The number of rotatable bonds is 7. The molecule has 1 fully saturated rings. The predicted octanol–water partition coefficient (Wildman–Crippen LogP) is 5.40. The van der Waals surface area contributed by atoms with E-state index in [2.05, 4.69) is 29.4 Å². The molecule has 0 amide bonds. The van der Waals surface area contributed by atoms with Gasteiger partial charge < -0.3 is 9.57 Å². The normalized spacial score (nSPS) is 27.1. The van der Waals surface area contributed by atoms with Crippen molar-refractivity contribution in [3.63, 3.8) is 0 Å². The van der Waals surface area contributed by atoms with Crippen LogP contribution in [0.3, 0.4) is 0 Å². The molecule has 1 heterocycles. The SMILES string of the molecule is O=C1CCc2ccccc2C1CCCC1CCC(CCOC2=NOCC2)CC1. The summed E-state index contributed by atoms with van der Waals surface area (Å²) in [4.78, 5) is 17.4. The van der Waals surface area contributed by atoms with E-state index < -0.39 is 0 Å². The standard InChI is InChI=1S/C24H33NO3/c26-23-13-12-20-5-1-2-6-21(20)22(23)7-3-4-18-8-10-19(11-9-18)14-16-27-24-15-17-28-25-24/h1-2,5-6,18-19,22H,3-4,7-17H2. The van der Waals surface area contributed by atoms with E-state index in [4.69, 9.17) is 9.57 Å². The predicted molar refractivity (Wildman–Crippen MR) is 110 cm³/mol. The third-order valence-corrected chi connectivity index (χ3v) is 6.90. The Morgan fingerprint density at radius 1 is 0.964 bits per heavy atom. The summed E-state index contributed by atoms with van der Waals surface area (Å²) >= 11 is 0. The maximum atomic E-state index is 12.4. The molecule has 4 rings (SSSR count). The molecule has 4 heteroatoms. The molecule has 0 bridgehead atoms. The first-order valence-corrected chi connectivity index (χ1v) is 11.2. The number of hydrogen-bond donors (Lipinski definition) is 0. The Bertz CT molecular complexity index is 691. The molecule has 0 aromatic heterocycles. The van der Waals surface area contributed by atoms with Crippen LogP contribution in [-0.4, -0.2) is 24.9 Å². The number of carbonyl (C=O) groups excluding carboxylic acids is 1. The first-order chi connectivity index (χ1) is 13.8. The van der Waals surface area contributed by atoms with Crippen LogP contribution in [0.15, 0.2) is 29.4 Å². The molecule has 1 aliphatic heterocycles. The highest BCUT2D eigenvalue weighted by atomic mass is 16.7. The number of fused-ring (bicyclic) bond motifs is 1. The van der Waals surface area contributed by atoms with E-state index in [1.165, 1.54) is 49.7 Å². The third-order valence-electron chi connectivity index (χ3n) is 6.90. The van der Waals surface area contributed by atoms with Crippen LogP contribution in [0.2, 0.25) is 0 Å². The number of nitrogens with zero attached hydrogens (tertiary/aromatic N) is 1. The van der Waals surface area contributed by atoms with Gasteiger partial charge in [-0.1, -0.05) is 67.9 Å². The Labute approximate surface area is 168 Å². The second-order valence-electron chi connectivity index (χ2n) is 8.74. The van der Waals surface area contributed by atoms with Crippen LogP contribution in [0.25, 0.3) is 0 Å². The number of Topliss-reactive ketones (excluding diaryl/α,β-unsaturated/α-hetero) is 1. The molecule has 0 N–H and O–H groups in total. The lowest BCUT2D eigenvalue weighted by atomic mass is 9.76. The van der Waals surface area contributed by atoms with Crippen molar-refractivity contribution in [3.05, 3.63) is 35.4 Å². The summed E-state index contributed by atoms with van der Waals surface area (Å²) in [7, 11) is 0. The number of ketones is 1. The largest absolute Gasteiger partial charge is 0.479 e. The van der Waals surface area contributed by atoms with E-state index in [9.17, 15) is 4.79 Å². The van der Waals surface area contributed by atoms with Gasteiger partial charge in [-0.15, -0.1) is 0 Å². The van der Waals surface area contributed by atoms with E-state index in [1.807, 2.05) is 0 Å². The first kappa shape index (κ1) is 19.5. The number of hydrogen-bond acceptors (Lipinski definition) is 4. The van der Waals surface area contributed by atoms with Crippen LogP contribution < -0.4 is 0 Å². The molecular formula is C24H33NO3. The number of aryl methyl sites for hydroxylation is 1. The lowest BCUT2D eigenvalue weighted by Gasteiger charge is -2.29. The van der Waals surface area contributed by atoms with Crippen LogP contribution in [0.5, 0.6) is 0 Å². The van der Waals surface area contributed by atoms with Crippen LogP contribution in [0.4, 0.5) is 0 Å². The van der Waals surface area contributed by atoms with Crippen LogP contribution in [-0.2, 0) is 20.8 Å². The smallest absolute Gasteiger partial charge is 0.229 e. The molecule has 1 atom stereocenters. The van der Waals surface area contributed by atoms with Crippen molar-refractivity contribution in [1.82, 2.24) is 0 Å². The Balaban J connectivity index is 1.14. The second kappa shape index (κ2) is 9.58. The zero-order chi connectivity index (χ0) is 19.2. The number of carbonyl (C=O) groups is 1. The van der Waals surface area contributed by atoms with Gasteiger partial charge in [-0.25, -0.2) is 0 Å². The van der Waals surface area contributed by atoms with Gasteiger partial charge in [0.2, 0.25) is 5.90 Å². The fourth-order valence-corrected chi connectivity index (χ4v) is 5.18. The fourth-order valence-electron chi connectivity index (χ4n) is 5.18. The minimum Gasteiger partial charge on any atom is -0.479 e. The van der Waals surface area contributed by atoms with E-state index in [-0.39, 0.29) is 5.92 Å². The summed E-state index contributed by atoms with van der Waals surface area (Å²) in [6.07, 6.45) is 12.4. The van der Waals surface area contributed by atoms with Crippen LogP contribution >= 0.6 is 0 Å². The quantitative estimate of drug-likeness (QED) is 0.633. The maximum absolute atomic E-state index is 12.4. The summed E-state index contributed by atoms with van der Waals surface area (Å²) in [6.45, 7) is 1.44. The molecule has 28 heavy (non-hydrogen) atoms. The molecule has 0 radical (unpaired) electrons. The van der Waals surface area contributed by atoms with Crippen molar-refractivity contribution < 1.29 is 14.4 Å². The van der Waals surface area contributed by atoms with Crippen molar-refractivity contribution in [2.24, 2.45) is 17.0 Å². The van der Waals surface area contributed by atoms with Gasteiger partial charge in [-0.05, 0) is 42.2 Å². The lowest BCUT2D eigenvalue weighted by molar-refractivity contribution is -0.121. The molecule has 3 aliphatic rings. The van der Waals surface area contributed by atoms with Crippen molar-refractivity contribution in [2.45, 2.75) is 76.5 Å². The Morgan fingerprint density at radius 2 is 1.75 bits per heavy atom. The summed E-state index contributed by atoms with van der Waals surface area (Å²) in [5.74, 6) is 3.03. The third kappa shape index (κ3) is 4.95. The van der Waals surface area contributed by atoms with Crippen molar-refractivity contribution in [2.75, 3.05) is 13.2 Å². The van der Waals surface area contributed by atoms with Crippen molar-refractivity contribution >= 4 is 11.7 Å². The summed E-state index contributed by atoms with van der Waals surface area (Å²) in [6, 6.07) is 8.56. The summed E-state index contributed by atoms with van der Waals surface area (Å²) < 4.78 is 5.70. The second-order valence-corrected chi connectivity index (χ2v) is 8.74.